The van der Waals surface area contributed by atoms with Gasteiger partial charge in [-0.05, 0) is 18.6 Å². The van der Waals surface area contributed by atoms with E-state index in [1.54, 1.807) is 25.1 Å². The second-order valence-corrected chi connectivity index (χ2v) is 3.07. The van der Waals surface area contributed by atoms with E-state index >= 15 is 0 Å². The van der Waals surface area contributed by atoms with E-state index < -0.39 is 5.97 Å². The first kappa shape index (κ1) is 8.27. The van der Waals surface area contributed by atoms with E-state index in [2.05, 4.69) is 15.9 Å². The average molecular weight is 214 g/mol. The molecule has 0 fully saturated rings. The highest BCUT2D eigenvalue weighted by Gasteiger charge is 2.02. The average Bonchev–Trinajstić information content (AvgIpc) is 1.85. The molecule has 0 bridgehead atoms. The molecule has 0 aromatic heterocycles. The minimum Gasteiger partial charge on any atom is -0.545 e. The lowest BCUT2D eigenvalue weighted by molar-refractivity contribution is -0.255. The van der Waals surface area contributed by atoms with Crippen LogP contribution < -0.4 is 5.11 Å². The van der Waals surface area contributed by atoms with Crippen molar-refractivity contribution in [1.29, 1.82) is 0 Å². The Labute approximate surface area is 73.0 Å². The highest BCUT2D eigenvalue weighted by Crippen LogP contribution is 2.18. The topological polar surface area (TPSA) is 40.1 Å². The molecule has 0 spiro atoms. The number of hydrogen-bond acceptors (Lipinski definition) is 2. The van der Waals surface area contributed by atoms with Crippen LogP contribution >= 0.6 is 15.9 Å². The third-order valence-corrected chi connectivity index (χ3v) is 2.09. The Kier molecular flexibility index (Phi) is 2.29. The van der Waals surface area contributed by atoms with Gasteiger partial charge in [0, 0.05) is 10.0 Å². The summed E-state index contributed by atoms with van der Waals surface area (Å²) in [5.74, 6) is -1.14. The first-order valence-electron chi connectivity index (χ1n) is 3.09. The zero-order valence-corrected chi connectivity index (χ0v) is 7.51. The second kappa shape index (κ2) is 3.05. The van der Waals surface area contributed by atoms with Crippen LogP contribution in [0.2, 0.25) is 0 Å². The molecule has 3 heteroatoms. The van der Waals surface area contributed by atoms with Crippen molar-refractivity contribution in [2.45, 2.75) is 6.92 Å². The smallest absolute Gasteiger partial charge is 0.0729 e. The molecule has 1 aromatic rings. The lowest BCUT2D eigenvalue weighted by Gasteiger charge is -2.07. The van der Waals surface area contributed by atoms with Crippen molar-refractivity contribution < 1.29 is 9.90 Å². The number of halogens is 1. The summed E-state index contributed by atoms with van der Waals surface area (Å²) in [6.07, 6.45) is 0. The predicted molar refractivity (Wildman–Crippen MR) is 43.2 cm³/mol. The fourth-order valence-corrected chi connectivity index (χ4v) is 1.52. The number of hydrogen-bond donors (Lipinski definition) is 0. The zero-order valence-electron chi connectivity index (χ0n) is 5.93. The van der Waals surface area contributed by atoms with Crippen molar-refractivity contribution in [3.8, 4) is 0 Å². The van der Waals surface area contributed by atoms with E-state index in [1.165, 1.54) is 0 Å². The van der Waals surface area contributed by atoms with E-state index in [0.717, 1.165) is 0 Å². The van der Waals surface area contributed by atoms with Crippen LogP contribution in [0.25, 0.3) is 0 Å². The van der Waals surface area contributed by atoms with Crippen LogP contribution in [-0.2, 0) is 0 Å². The molecule has 0 atom stereocenters. The Balaban J connectivity index is 3.32. The quantitative estimate of drug-likeness (QED) is 0.702. The van der Waals surface area contributed by atoms with Crippen molar-refractivity contribution in [1.82, 2.24) is 0 Å². The minimum atomic E-state index is -1.14. The number of aromatic carboxylic acids is 1. The van der Waals surface area contributed by atoms with Crippen LogP contribution in [0.15, 0.2) is 22.7 Å². The lowest BCUT2D eigenvalue weighted by Crippen LogP contribution is -2.23. The molecule has 0 heterocycles. The fraction of sp³-hybridized carbons (Fsp3) is 0.125. The van der Waals surface area contributed by atoms with E-state index in [9.17, 15) is 9.90 Å². The van der Waals surface area contributed by atoms with Gasteiger partial charge in [0.25, 0.3) is 0 Å². The highest BCUT2D eigenvalue weighted by molar-refractivity contribution is 9.10. The van der Waals surface area contributed by atoms with Gasteiger partial charge in [0.2, 0.25) is 0 Å². The summed E-state index contributed by atoms with van der Waals surface area (Å²) in [5.41, 5.74) is 0.937. The maximum Gasteiger partial charge on any atom is 0.0729 e. The lowest BCUT2D eigenvalue weighted by atomic mass is 10.1. The van der Waals surface area contributed by atoms with E-state index in [0.29, 0.717) is 10.0 Å². The first-order valence-corrected chi connectivity index (χ1v) is 3.88. The molecule has 0 unspecified atom stereocenters. The normalized spacial score (nSPS) is 9.64. The molecule has 0 saturated carbocycles. The third-order valence-electron chi connectivity index (χ3n) is 1.43. The summed E-state index contributed by atoms with van der Waals surface area (Å²) in [4.78, 5) is 10.5. The maximum atomic E-state index is 10.5. The molecule has 0 aliphatic carbocycles. The van der Waals surface area contributed by atoms with Gasteiger partial charge >= 0.3 is 0 Å². The molecule has 58 valence electrons. The number of aryl methyl sites for hydroxylation is 1. The van der Waals surface area contributed by atoms with Crippen molar-refractivity contribution in [2.75, 3.05) is 0 Å². The molecule has 0 aliphatic rings. The standard InChI is InChI=1S/C8H7BrO2/c1-5-3-2-4-6(9)7(5)8(10)11/h2-4H,1H3,(H,10,11)/p-1. The molecular formula is C8H6BrO2-. The SMILES string of the molecule is Cc1cccc(Br)c1C(=O)[O-]. The largest absolute Gasteiger partial charge is 0.545 e. The van der Waals surface area contributed by atoms with Gasteiger partial charge in [-0.15, -0.1) is 0 Å². The van der Waals surface area contributed by atoms with Crippen molar-refractivity contribution >= 4 is 21.9 Å². The molecule has 1 aromatic carbocycles. The molecule has 2 nitrogen and oxygen atoms in total. The molecule has 0 amide bonds. The Morgan fingerprint density at radius 1 is 1.55 bits per heavy atom. The summed E-state index contributed by atoms with van der Waals surface area (Å²) in [6, 6.07) is 5.19. The molecule has 11 heavy (non-hydrogen) atoms. The number of carboxylic acids is 1. The number of rotatable bonds is 1. The van der Waals surface area contributed by atoms with E-state index in [-0.39, 0.29) is 5.56 Å². The molecule has 0 radical (unpaired) electrons. The summed E-state index contributed by atoms with van der Waals surface area (Å²) in [6.45, 7) is 1.73. The van der Waals surface area contributed by atoms with Crippen molar-refractivity contribution in [3.05, 3.63) is 33.8 Å². The molecule has 0 saturated heterocycles. The number of carboxylic acid groups (broad SMARTS) is 1. The van der Waals surface area contributed by atoms with E-state index in [1.807, 2.05) is 0 Å². The van der Waals surface area contributed by atoms with Crippen LogP contribution in [-0.4, -0.2) is 5.97 Å². The van der Waals surface area contributed by atoms with Gasteiger partial charge in [-0.25, -0.2) is 0 Å². The second-order valence-electron chi connectivity index (χ2n) is 2.22. The van der Waals surface area contributed by atoms with Crippen LogP contribution in [0.1, 0.15) is 15.9 Å². The maximum absolute atomic E-state index is 10.5. The van der Waals surface area contributed by atoms with Crippen LogP contribution in [0.5, 0.6) is 0 Å². The number of benzene rings is 1. The Morgan fingerprint density at radius 3 is 2.55 bits per heavy atom. The van der Waals surface area contributed by atoms with Crippen LogP contribution in [0, 0.1) is 6.92 Å². The van der Waals surface area contributed by atoms with Gasteiger partial charge in [-0.3, -0.25) is 0 Å². The monoisotopic (exact) mass is 213 g/mol. The zero-order chi connectivity index (χ0) is 8.43. The molecular weight excluding hydrogens is 208 g/mol. The van der Waals surface area contributed by atoms with Crippen LogP contribution in [0.3, 0.4) is 0 Å². The molecule has 0 aliphatic heterocycles. The van der Waals surface area contributed by atoms with Gasteiger partial charge in [0.15, 0.2) is 0 Å². The predicted octanol–water partition coefficient (Wildman–Crippen LogP) is 1.12. The summed E-state index contributed by atoms with van der Waals surface area (Å²) in [5, 5.41) is 10.5. The van der Waals surface area contributed by atoms with E-state index in [4.69, 9.17) is 0 Å². The van der Waals surface area contributed by atoms with Crippen molar-refractivity contribution in [2.24, 2.45) is 0 Å². The van der Waals surface area contributed by atoms with Gasteiger partial charge in [0.1, 0.15) is 0 Å². The van der Waals surface area contributed by atoms with Gasteiger partial charge in [-0.1, -0.05) is 28.1 Å². The van der Waals surface area contributed by atoms with Crippen LogP contribution in [0.4, 0.5) is 0 Å². The Hall–Kier alpha value is -0.830. The Morgan fingerprint density at radius 2 is 2.18 bits per heavy atom. The summed E-state index contributed by atoms with van der Waals surface area (Å²) in [7, 11) is 0. The van der Waals surface area contributed by atoms with Gasteiger partial charge in [-0.2, -0.15) is 0 Å². The fourth-order valence-electron chi connectivity index (χ4n) is 0.890. The summed E-state index contributed by atoms with van der Waals surface area (Å²) < 4.78 is 0.567. The number of carbonyl (C=O) groups is 1. The number of carbonyl (C=O) groups excluding carboxylic acids is 1. The third kappa shape index (κ3) is 1.60. The molecule has 1 rings (SSSR count). The van der Waals surface area contributed by atoms with Gasteiger partial charge in [0.05, 0.1) is 5.97 Å². The Bertz CT molecular complexity index is 274. The minimum absolute atomic E-state index is 0.229. The molecule has 0 N–H and O–H groups in total. The summed E-state index contributed by atoms with van der Waals surface area (Å²) >= 11 is 3.13. The first-order chi connectivity index (χ1) is 5.13. The highest BCUT2D eigenvalue weighted by atomic mass is 79.9. The van der Waals surface area contributed by atoms with Gasteiger partial charge < -0.3 is 9.90 Å². The van der Waals surface area contributed by atoms with Crippen molar-refractivity contribution in [3.63, 3.8) is 0 Å².